The monoisotopic (exact) mass is 377 g/mol. The Balaban J connectivity index is 0.00000192. The summed E-state index contributed by atoms with van der Waals surface area (Å²) in [6, 6.07) is 4.48. The fraction of sp³-hybridized carbons (Fsp3) is 0.467. The molecular weight excluding hydrogens is 361 g/mol. The van der Waals surface area contributed by atoms with E-state index in [2.05, 4.69) is 10.6 Å². The van der Waals surface area contributed by atoms with Crippen LogP contribution >= 0.6 is 35.6 Å². The standard InChI is InChI=1S/C15H17Cl2N3O2.ClH/c16-10-4-11(17)6-12(5-10)19-14(21)13-2-1-3-20(13)15(22)9-7-18-8-9;/h4-6,9,13,18H,1-3,7-8H2,(H,19,21);1H. The first-order valence-corrected chi connectivity index (χ1v) is 8.08. The molecule has 2 aliphatic rings. The third-order valence-electron chi connectivity index (χ3n) is 4.10. The van der Waals surface area contributed by atoms with Crippen molar-refractivity contribution in [3.63, 3.8) is 0 Å². The molecule has 1 unspecified atom stereocenters. The van der Waals surface area contributed by atoms with Gasteiger partial charge in [-0.25, -0.2) is 0 Å². The van der Waals surface area contributed by atoms with Gasteiger partial charge in [0, 0.05) is 35.4 Å². The van der Waals surface area contributed by atoms with Crippen LogP contribution in [0.5, 0.6) is 0 Å². The maximum Gasteiger partial charge on any atom is 0.247 e. The first-order valence-electron chi connectivity index (χ1n) is 7.33. The summed E-state index contributed by atoms with van der Waals surface area (Å²) < 4.78 is 0. The Morgan fingerprint density at radius 3 is 2.39 bits per heavy atom. The van der Waals surface area contributed by atoms with Gasteiger partial charge < -0.3 is 15.5 Å². The molecule has 0 bridgehead atoms. The van der Waals surface area contributed by atoms with Gasteiger partial charge in [-0.05, 0) is 31.0 Å². The number of rotatable bonds is 3. The van der Waals surface area contributed by atoms with Crippen molar-refractivity contribution < 1.29 is 9.59 Å². The minimum Gasteiger partial charge on any atom is -0.330 e. The van der Waals surface area contributed by atoms with Gasteiger partial charge >= 0.3 is 0 Å². The summed E-state index contributed by atoms with van der Waals surface area (Å²) in [6.07, 6.45) is 1.53. The molecule has 0 saturated carbocycles. The predicted molar refractivity (Wildman–Crippen MR) is 93.4 cm³/mol. The molecule has 1 aromatic rings. The number of hydrogen-bond acceptors (Lipinski definition) is 3. The minimum atomic E-state index is -0.411. The number of hydrogen-bond donors (Lipinski definition) is 2. The zero-order chi connectivity index (χ0) is 15.7. The summed E-state index contributed by atoms with van der Waals surface area (Å²) in [5.41, 5.74) is 0.548. The number of nitrogens with zero attached hydrogens (tertiary/aromatic N) is 1. The maximum atomic E-state index is 12.5. The van der Waals surface area contributed by atoms with Crippen LogP contribution in [0.25, 0.3) is 0 Å². The number of amides is 2. The minimum absolute atomic E-state index is 0. The van der Waals surface area contributed by atoms with Gasteiger partial charge in [-0.15, -0.1) is 12.4 Å². The third-order valence-corrected chi connectivity index (χ3v) is 4.54. The van der Waals surface area contributed by atoms with Gasteiger partial charge in [0.05, 0.1) is 5.92 Å². The van der Waals surface area contributed by atoms with Crippen LogP contribution in [0, 0.1) is 5.92 Å². The van der Waals surface area contributed by atoms with Crippen LogP contribution in [0.4, 0.5) is 5.69 Å². The van der Waals surface area contributed by atoms with E-state index in [1.54, 1.807) is 23.1 Å². The number of halogens is 3. The molecule has 8 heteroatoms. The quantitative estimate of drug-likeness (QED) is 0.850. The van der Waals surface area contributed by atoms with Crippen molar-refractivity contribution in [1.29, 1.82) is 0 Å². The van der Waals surface area contributed by atoms with Gasteiger partial charge in [0.1, 0.15) is 6.04 Å². The van der Waals surface area contributed by atoms with E-state index in [0.29, 0.717) is 41.8 Å². The molecule has 0 spiro atoms. The van der Waals surface area contributed by atoms with Crippen LogP contribution in [-0.2, 0) is 9.59 Å². The largest absolute Gasteiger partial charge is 0.330 e. The summed E-state index contributed by atoms with van der Waals surface area (Å²) in [5, 5.41) is 6.81. The zero-order valence-electron chi connectivity index (χ0n) is 12.4. The number of nitrogens with one attached hydrogen (secondary N) is 2. The molecule has 0 radical (unpaired) electrons. The Hall–Kier alpha value is -1.01. The van der Waals surface area contributed by atoms with Gasteiger partial charge in [0.15, 0.2) is 0 Å². The first-order chi connectivity index (χ1) is 10.5. The molecule has 2 amide bonds. The van der Waals surface area contributed by atoms with Crippen LogP contribution in [0.1, 0.15) is 12.8 Å². The van der Waals surface area contributed by atoms with Crippen molar-refractivity contribution in [3.05, 3.63) is 28.2 Å². The lowest BCUT2D eigenvalue weighted by Crippen LogP contribution is -2.54. The predicted octanol–water partition coefficient (Wildman–Crippen LogP) is 2.56. The van der Waals surface area contributed by atoms with Crippen molar-refractivity contribution in [2.75, 3.05) is 25.0 Å². The number of carbonyl (C=O) groups excluding carboxylic acids is 2. The summed E-state index contributed by atoms with van der Waals surface area (Å²) >= 11 is 11.9. The molecule has 1 atom stereocenters. The van der Waals surface area contributed by atoms with Crippen LogP contribution in [0.3, 0.4) is 0 Å². The van der Waals surface area contributed by atoms with Gasteiger partial charge in [0.25, 0.3) is 0 Å². The maximum absolute atomic E-state index is 12.5. The van der Waals surface area contributed by atoms with E-state index in [9.17, 15) is 9.59 Å². The molecule has 2 aliphatic heterocycles. The van der Waals surface area contributed by atoms with Crippen molar-refractivity contribution in [2.45, 2.75) is 18.9 Å². The van der Waals surface area contributed by atoms with Crippen molar-refractivity contribution in [1.82, 2.24) is 10.2 Å². The van der Waals surface area contributed by atoms with E-state index < -0.39 is 6.04 Å². The fourth-order valence-corrected chi connectivity index (χ4v) is 3.38. The van der Waals surface area contributed by atoms with Crippen LogP contribution in [0.15, 0.2) is 18.2 Å². The highest BCUT2D eigenvalue weighted by Crippen LogP contribution is 2.25. The number of likely N-dealkylation sites (tertiary alicyclic amines) is 1. The third kappa shape index (κ3) is 4.10. The van der Waals surface area contributed by atoms with E-state index in [-0.39, 0.29) is 30.1 Å². The van der Waals surface area contributed by atoms with Crippen molar-refractivity contribution in [2.24, 2.45) is 5.92 Å². The van der Waals surface area contributed by atoms with Crippen LogP contribution in [-0.4, -0.2) is 42.4 Å². The second-order valence-corrected chi connectivity index (χ2v) is 6.57. The molecule has 2 fully saturated rings. The van der Waals surface area contributed by atoms with Gasteiger partial charge in [-0.3, -0.25) is 9.59 Å². The topological polar surface area (TPSA) is 61.4 Å². The average molecular weight is 379 g/mol. The van der Waals surface area contributed by atoms with E-state index in [4.69, 9.17) is 23.2 Å². The van der Waals surface area contributed by atoms with E-state index >= 15 is 0 Å². The second-order valence-electron chi connectivity index (χ2n) is 5.69. The fourth-order valence-electron chi connectivity index (χ4n) is 2.85. The highest BCUT2D eigenvalue weighted by Gasteiger charge is 2.38. The van der Waals surface area contributed by atoms with Crippen molar-refractivity contribution in [3.8, 4) is 0 Å². The lowest BCUT2D eigenvalue weighted by atomic mass is 10.0. The van der Waals surface area contributed by atoms with Gasteiger partial charge in [-0.2, -0.15) is 0 Å². The lowest BCUT2D eigenvalue weighted by Gasteiger charge is -2.32. The first kappa shape index (κ1) is 18.3. The summed E-state index contributed by atoms with van der Waals surface area (Å²) in [6.45, 7) is 2.05. The number of anilines is 1. The molecular formula is C15H18Cl3N3O2. The Morgan fingerprint density at radius 2 is 1.83 bits per heavy atom. The Bertz CT molecular complexity index is 587. The molecule has 2 N–H and O–H groups in total. The summed E-state index contributed by atoms with van der Waals surface area (Å²) in [7, 11) is 0. The summed E-state index contributed by atoms with van der Waals surface area (Å²) in [5.74, 6) is -0.106. The summed E-state index contributed by atoms with van der Waals surface area (Å²) in [4.78, 5) is 26.5. The smallest absolute Gasteiger partial charge is 0.247 e. The van der Waals surface area contributed by atoms with Gasteiger partial charge in [-0.1, -0.05) is 23.2 Å². The molecule has 2 heterocycles. The number of carbonyl (C=O) groups is 2. The van der Waals surface area contributed by atoms with E-state index in [1.807, 2.05) is 0 Å². The highest BCUT2D eigenvalue weighted by atomic mass is 35.5. The normalized spacial score (nSPS) is 20.6. The van der Waals surface area contributed by atoms with E-state index in [1.165, 1.54) is 0 Å². The number of benzene rings is 1. The van der Waals surface area contributed by atoms with Crippen LogP contribution < -0.4 is 10.6 Å². The SMILES string of the molecule is Cl.O=C(Nc1cc(Cl)cc(Cl)c1)C1CCCN1C(=O)C1CNC1. The molecule has 0 aliphatic carbocycles. The molecule has 126 valence electrons. The molecule has 2 saturated heterocycles. The van der Waals surface area contributed by atoms with Crippen LogP contribution in [0.2, 0.25) is 10.0 Å². The average Bonchev–Trinajstić information content (AvgIpc) is 2.84. The molecule has 0 aromatic heterocycles. The zero-order valence-corrected chi connectivity index (χ0v) is 14.7. The Kier molecular flexibility index (Phi) is 6.14. The molecule has 1 aromatic carbocycles. The Morgan fingerprint density at radius 1 is 1.17 bits per heavy atom. The van der Waals surface area contributed by atoms with E-state index in [0.717, 1.165) is 6.42 Å². The lowest BCUT2D eigenvalue weighted by molar-refractivity contribution is -0.141. The molecule has 5 nitrogen and oxygen atoms in total. The second kappa shape index (κ2) is 7.71. The molecule has 3 rings (SSSR count). The van der Waals surface area contributed by atoms with Crippen molar-refractivity contribution >= 4 is 53.1 Å². The van der Waals surface area contributed by atoms with Gasteiger partial charge in [0.2, 0.25) is 11.8 Å². The highest BCUT2D eigenvalue weighted by molar-refractivity contribution is 6.35. The molecule has 23 heavy (non-hydrogen) atoms. The Labute approximate surface area is 151 Å².